The van der Waals surface area contributed by atoms with E-state index in [1.54, 1.807) is 13.0 Å². The molecule has 36 heavy (non-hydrogen) atoms. The molecule has 0 aliphatic carbocycles. The molecule has 2 aliphatic heterocycles. The SMILES string of the molecule is CCS(=O)(=O)C1CCN(C2CCN(C(=O)c3ncnc(CCc4ccc(Cl)c(Cl)c4)c3C)CC2)CC1. The summed E-state index contributed by atoms with van der Waals surface area (Å²) in [6, 6.07) is 6.00. The number of amides is 1. The van der Waals surface area contributed by atoms with E-state index in [1.807, 2.05) is 24.0 Å². The lowest BCUT2D eigenvalue weighted by Gasteiger charge is -2.41. The van der Waals surface area contributed by atoms with Crippen LogP contribution in [-0.4, -0.2) is 77.3 Å². The lowest BCUT2D eigenvalue weighted by Crippen LogP contribution is -2.50. The van der Waals surface area contributed by atoms with E-state index in [0.29, 0.717) is 54.1 Å². The normalized spacial score (nSPS) is 18.5. The fourth-order valence-corrected chi connectivity index (χ4v) is 7.05. The molecule has 0 spiro atoms. The van der Waals surface area contributed by atoms with Crippen LogP contribution >= 0.6 is 23.2 Å². The molecule has 2 fully saturated rings. The minimum atomic E-state index is -2.96. The van der Waals surface area contributed by atoms with Crippen LogP contribution in [0.3, 0.4) is 0 Å². The van der Waals surface area contributed by atoms with Crippen LogP contribution in [0, 0.1) is 6.92 Å². The summed E-state index contributed by atoms with van der Waals surface area (Å²) >= 11 is 12.1. The van der Waals surface area contributed by atoms with Gasteiger partial charge in [0.05, 0.1) is 15.3 Å². The lowest BCUT2D eigenvalue weighted by atomic mass is 9.99. The van der Waals surface area contributed by atoms with Crippen LogP contribution in [0.25, 0.3) is 0 Å². The molecule has 2 aromatic rings. The van der Waals surface area contributed by atoms with Crippen LogP contribution in [0.2, 0.25) is 10.0 Å². The van der Waals surface area contributed by atoms with Gasteiger partial charge in [0.25, 0.3) is 5.91 Å². The number of hydrogen-bond donors (Lipinski definition) is 0. The van der Waals surface area contributed by atoms with Gasteiger partial charge >= 0.3 is 0 Å². The molecule has 1 aromatic heterocycles. The summed E-state index contributed by atoms with van der Waals surface area (Å²) in [6.07, 6.45) is 6.10. The number of carbonyl (C=O) groups is 1. The van der Waals surface area contributed by atoms with Crippen molar-refractivity contribution in [1.82, 2.24) is 19.8 Å². The van der Waals surface area contributed by atoms with Crippen LogP contribution in [0.5, 0.6) is 0 Å². The number of sulfone groups is 1. The van der Waals surface area contributed by atoms with Crippen molar-refractivity contribution >= 4 is 38.9 Å². The molecule has 4 rings (SSSR count). The van der Waals surface area contributed by atoms with Gasteiger partial charge in [-0.25, -0.2) is 18.4 Å². The fraction of sp³-hybridized carbons (Fsp3) is 0.577. The van der Waals surface area contributed by atoms with E-state index in [-0.39, 0.29) is 16.9 Å². The number of rotatable bonds is 7. The molecule has 0 N–H and O–H groups in total. The lowest BCUT2D eigenvalue weighted by molar-refractivity contribution is 0.0585. The van der Waals surface area contributed by atoms with E-state index >= 15 is 0 Å². The first-order valence-electron chi connectivity index (χ1n) is 12.7. The first-order valence-corrected chi connectivity index (χ1v) is 15.2. The van der Waals surface area contributed by atoms with Gasteiger partial charge in [0, 0.05) is 36.1 Å². The van der Waals surface area contributed by atoms with E-state index in [0.717, 1.165) is 49.2 Å². The van der Waals surface area contributed by atoms with E-state index < -0.39 is 9.84 Å². The Bertz CT molecular complexity index is 1190. The number of carbonyl (C=O) groups excluding carboxylic acids is 1. The molecule has 1 amide bonds. The predicted octanol–water partition coefficient (Wildman–Crippen LogP) is 4.38. The van der Waals surface area contributed by atoms with Crippen molar-refractivity contribution in [2.45, 2.75) is 63.7 Å². The number of piperidine rings is 2. The Hall–Kier alpha value is -1.74. The van der Waals surface area contributed by atoms with Crippen LogP contribution in [0.1, 0.15) is 59.9 Å². The smallest absolute Gasteiger partial charge is 0.272 e. The summed E-state index contributed by atoms with van der Waals surface area (Å²) < 4.78 is 24.4. The number of halogens is 2. The van der Waals surface area contributed by atoms with Gasteiger partial charge in [-0.05, 0) is 76.2 Å². The van der Waals surface area contributed by atoms with Crippen molar-refractivity contribution in [2.24, 2.45) is 0 Å². The second-order valence-electron chi connectivity index (χ2n) is 9.75. The molecular formula is C26H34Cl2N4O3S. The van der Waals surface area contributed by atoms with Crippen molar-refractivity contribution in [1.29, 1.82) is 0 Å². The Morgan fingerprint density at radius 1 is 1.00 bits per heavy atom. The highest BCUT2D eigenvalue weighted by molar-refractivity contribution is 7.92. The predicted molar refractivity (Wildman–Crippen MR) is 144 cm³/mol. The van der Waals surface area contributed by atoms with Crippen molar-refractivity contribution in [3.8, 4) is 0 Å². The van der Waals surface area contributed by atoms with Crippen LogP contribution in [-0.2, 0) is 22.7 Å². The highest BCUT2D eigenvalue weighted by Gasteiger charge is 2.34. The number of hydrogen-bond acceptors (Lipinski definition) is 6. The molecule has 10 heteroatoms. The van der Waals surface area contributed by atoms with E-state index in [9.17, 15) is 13.2 Å². The highest BCUT2D eigenvalue weighted by Crippen LogP contribution is 2.26. The minimum Gasteiger partial charge on any atom is -0.337 e. The molecule has 2 aliphatic rings. The van der Waals surface area contributed by atoms with E-state index in [2.05, 4.69) is 14.9 Å². The van der Waals surface area contributed by atoms with Gasteiger partial charge in [0.1, 0.15) is 12.0 Å². The van der Waals surface area contributed by atoms with Gasteiger partial charge in [-0.15, -0.1) is 0 Å². The summed E-state index contributed by atoms with van der Waals surface area (Å²) in [7, 11) is -2.96. The zero-order valence-corrected chi connectivity index (χ0v) is 23.2. The zero-order chi connectivity index (χ0) is 25.9. The summed E-state index contributed by atoms with van der Waals surface area (Å²) in [5.41, 5.74) is 3.22. The Balaban J connectivity index is 1.32. The zero-order valence-electron chi connectivity index (χ0n) is 20.9. The summed E-state index contributed by atoms with van der Waals surface area (Å²) in [6.45, 7) is 6.63. The van der Waals surface area contributed by atoms with Crippen molar-refractivity contribution in [3.63, 3.8) is 0 Å². The monoisotopic (exact) mass is 552 g/mol. The second-order valence-corrected chi connectivity index (χ2v) is 13.1. The maximum atomic E-state index is 13.3. The third-order valence-corrected chi connectivity index (χ3v) is 10.7. The number of aromatic nitrogens is 2. The fourth-order valence-electron chi connectivity index (χ4n) is 5.33. The topological polar surface area (TPSA) is 83.5 Å². The molecule has 196 valence electrons. The molecule has 0 saturated carbocycles. The second kappa shape index (κ2) is 11.8. The van der Waals surface area contributed by atoms with Gasteiger partial charge in [0.2, 0.25) is 0 Å². The maximum Gasteiger partial charge on any atom is 0.272 e. The third kappa shape index (κ3) is 6.21. The molecule has 0 unspecified atom stereocenters. The largest absolute Gasteiger partial charge is 0.337 e. The van der Waals surface area contributed by atoms with Crippen molar-refractivity contribution < 1.29 is 13.2 Å². The molecule has 0 atom stereocenters. The molecule has 3 heterocycles. The van der Waals surface area contributed by atoms with Crippen molar-refractivity contribution in [3.05, 3.63) is 57.1 Å². The maximum absolute atomic E-state index is 13.3. The van der Waals surface area contributed by atoms with E-state index in [4.69, 9.17) is 23.2 Å². The number of nitrogens with zero attached hydrogens (tertiary/aromatic N) is 4. The molecule has 2 saturated heterocycles. The Morgan fingerprint density at radius 3 is 2.33 bits per heavy atom. The molecule has 1 aromatic carbocycles. The average molecular weight is 554 g/mol. The highest BCUT2D eigenvalue weighted by atomic mass is 35.5. The first kappa shape index (κ1) is 27.3. The van der Waals surface area contributed by atoms with Gasteiger partial charge < -0.3 is 9.80 Å². The molecular weight excluding hydrogens is 519 g/mol. The quantitative estimate of drug-likeness (QED) is 0.506. The van der Waals surface area contributed by atoms with Gasteiger partial charge in [-0.2, -0.15) is 0 Å². The Morgan fingerprint density at radius 2 is 1.69 bits per heavy atom. The summed E-state index contributed by atoms with van der Waals surface area (Å²) in [5.74, 6) is 0.176. The van der Waals surface area contributed by atoms with Gasteiger partial charge in [-0.3, -0.25) is 4.79 Å². The standard InChI is InChI=1S/C26H34Cl2N4O3S/c1-3-36(34,35)21-10-14-31(15-11-21)20-8-12-32(13-9-20)26(33)25-18(2)24(29-17-30-25)7-5-19-4-6-22(27)23(28)16-19/h4,6,16-17,20-21H,3,5,7-15H2,1-2H3. The van der Waals surface area contributed by atoms with Crippen molar-refractivity contribution in [2.75, 3.05) is 31.9 Å². The Labute approximate surface area is 224 Å². The molecule has 0 radical (unpaired) electrons. The number of likely N-dealkylation sites (tertiary alicyclic amines) is 2. The van der Waals surface area contributed by atoms with Gasteiger partial charge in [-0.1, -0.05) is 36.2 Å². The van der Waals surface area contributed by atoms with Gasteiger partial charge in [0.15, 0.2) is 9.84 Å². The molecule has 0 bridgehead atoms. The summed E-state index contributed by atoms with van der Waals surface area (Å²) in [5, 5.41) is 0.861. The number of aryl methyl sites for hydroxylation is 2. The van der Waals surface area contributed by atoms with Crippen LogP contribution in [0.4, 0.5) is 0 Å². The summed E-state index contributed by atoms with van der Waals surface area (Å²) in [4.78, 5) is 26.4. The van der Waals surface area contributed by atoms with E-state index in [1.165, 1.54) is 6.33 Å². The first-order chi connectivity index (χ1) is 17.2. The molecule has 7 nitrogen and oxygen atoms in total. The number of benzene rings is 1. The third-order valence-electron chi connectivity index (χ3n) is 7.68. The van der Waals surface area contributed by atoms with Crippen LogP contribution in [0.15, 0.2) is 24.5 Å². The van der Waals surface area contributed by atoms with Crippen LogP contribution < -0.4 is 0 Å². The average Bonchev–Trinajstić information content (AvgIpc) is 2.90. The Kier molecular flexibility index (Phi) is 8.92. The minimum absolute atomic E-state index is 0.0446.